The van der Waals surface area contributed by atoms with Crippen LogP contribution in [0, 0.1) is 0 Å². The van der Waals surface area contributed by atoms with E-state index in [9.17, 15) is 13.2 Å². The third-order valence-corrected chi connectivity index (χ3v) is 3.60. The maximum absolute atomic E-state index is 12.7. The topological polar surface area (TPSA) is 33.6 Å². The summed E-state index contributed by atoms with van der Waals surface area (Å²) in [6, 6.07) is 5.42. The maximum Gasteiger partial charge on any atom is 0.416 e. The smallest absolute Gasteiger partial charge is 0.416 e. The molecule has 1 aromatic rings. The van der Waals surface area contributed by atoms with Crippen LogP contribution in [-0.4, -0.2) is 31.1 Å². The number of alkyl halides is 3. The molecule has 20 heavy (non-hydrogen) atoms. The van der Waals surface area contributed by atoms with Crippen molar-refractivity contribution in [2.75, 3.05) is 13.1 Å². The summed E-state index contributed by atoms with van der Waals surface area (Å²) >= 11 is 0. The first-order valence-electron chi connectivity index (χ1n) is 6.62. The number of nitrogens with zero attached hydrogens (tertiary/aromatic N) is 1. The number of hydrogen-bond donors (Lipinski definition) is 1. The first-order valence-corrected chi connectivity index (χ1v) is 6.62. The van der Waals surface area contributed by atoms with Crippen LogP contribution < -0.4 is 5.32 Å². The van der Waals surface area contributed by atoms with E-state index < -0.39 is 11.7 Å². The molecule has 1 saturated heterocycles. The molecule has 6 heteroatoms. The van der Waals surface area contributed by atoms with Gasteiger partial charge in [-0.15, -0.1) is 0 Å². The highest BCUT2D eigenvalue weighted by Crippen LogP contribution is 2.30. The second-order valence-electron chi connectivity index (χ2n) is 5.11. The Balaban J connectivity index is 1.72. The molecule has 108 valence electrons. The van der Waals surface area contributed by atoms with Crippen molar-refractivity contribution in [1.82, 2.24) is 5.32 Å². The Hall–Kier alpha value is -1.56. The van der Waals surface area contributed by atoms with Gasteiger partial charge in [0, 0.05) is 13.0 Å². The van der Waals surface area contributed by atoms with Crippen molar-refractivity contribution < 1.29 is 17.9 Å². The molecule has 0 aromatic heterocycles. The highest BCUT2D eigenvalue weighted by molar-refractivity contribution is 5.80. The Morgan fingerprint density at radius 2 is 2.20 bits per heavy atom. The largest absolute Gasteiger partial charge is 0.475 e. The summed E-state index contributed by atoms with van der Waals surface area (Å²) in [5.41, 5.74) is -0.0575. The quantitative estimate of drug-likeness (QED) is 0.905. The van der Waals surface area contributed by atoms with E-state index in [2.05, 4.69) is 10.3 Å². The fourth-order valence-corrected chi connectivity index (χ4v) is 2.59. The number of hydrogen-bond acceptors (Lipinski definition) is 3. The fraction of sp³-hybridized carbons (Fsp3) is 0.500. The Labute approximate surface area is 114 Å². The van der Waals surface area contributed by atoms with Gasteiger partial charge in [0.05, 0.1) is 5.56 Å². The zero-order valence-electron chi connectivity index (χ0n) is 10.8. The third kappa shape index (κ3) is 2.80. The minimum absolute atomic E-state index is 0.0806. The third-order valence-electron chi connectivity index (χ3n) is 3.60. The van der Waals surface area contributed by atoms with Crippen molar-refractivity contribution in [3.05, 3.63) is 35.4 Å². The van der Waals surface area contributed by atoms with Crippen LogP contribution in [0.1, 0.15) is 17.5 Å². The van der Waals surface area contributed by atoms with Crippen molar-refractivity contribution in [3.8, 4) is 0 Å². The van der Waals surface area contributed by atoms with Crippen LogP contribution in [0.3, 0.4) is 0 Å². The van der Waals surface area contributed by atoms with E-state index in [0.717, 1.165) is 31.6 Å². The number of rotatable bonds is 2. The minimum atomic E-state index is -4.31. The molecule has 3 rings (SSSR count). The molecule has 2 aliphatic heterocycles. The van der Waals surface area contributed by atoms with Crippen molar-refractivity contribution in [2.24, 2.45) is 4.99 Å². The molecule has 1 fully saturated rings. The van der Waals surface area contributed by atoms with Crippen LogP contribution in [-0.2, 0) is 17.3 Å². The SMILES string of the molecule is FC(F)(F)c1cccc(CC2=NC3CNCCC3O2)c1. The van der Waals surface area contributed by atoms with Gasteiger partial charge < -0.3 is 10.1 Å². The minimum Gasteiger partial charge on any atom is -0.475 e. The number of fused-ring (bicyclic) bond motifs is 1. The van der Waals surface area contributed by atoms with E-state index >= 15 is 0 Å². The average Bonchev–Trinajstić information content (AvgIpc) is 2.80. The molecule has 1 N–H and O–H groups in total. The number of benzene rings is 1. The number of aliphatic imine (C=N–C) groups is 1. The summed E-state index contributed by atoms with van der Waals surface area (Å²) in [5, 5.41) is 3.23. The van der Waals surface area contributed by atoms with E-state index in [1.807, 2.05) is 0 Å². The van der Waals surface area contributed by atoms with Gasteiger partial charge in [-0.1, -0.05) is 18.2 Å². The lowest BCUT2D eigenvalue weighted by Crippen LogP contribution is -2.41. The van der Waals surface area contributed by atoms with E-state index in [4.69, 9.17) is 4.74 Å². The number of ether oxygens (including phenoxy) is 1. The Kier molecular flexibility index (Phi) is 3.41. The summed E-state index contributed by atoms with van der Waals surface area (Å²) < 4.78 is 43.7. The molecule has 2 unspecified atom stereocenters. The van der Waals surface area contributed by atoms with Crippen LogP contribution in [0.2, 0.25) is 0 Å². The standard InChI is InChI=1S/C14H15F3N2O/c15-14(16,17)10-3-1-2-9(6-10)7-13-19-11-8-18-5-4-12(11)20-13/h1-3,6,11-12,18H,4-5,7-8H2. The summed E-state index contributed by atoms with van der Waals surface area (Å²) in [6.07, 6.45) is -3.03. The van der Waals surface area contributed by atoms with Crippen LogP contribution in [0.5, 0.6) is 0 Å². The highest BCUT2D eigenvalue weighted by Gasteiger charge is 2.33. The molecule has 2 aliphatic rings. The molecule has 1 aromatic carbocycles. The van der Waals surface area contributed by atoms with Gasteiger partial charge in [-0.25, -0.2) is 4.99 Å². The lowest BCUT2D eigenvalue weighted by atomic mass is 10.1. The monoisotopic (exact) mass is 284 g/mol. The van der Waals surface area contributed by atoms with Crippen LogP contribution in [0.15, 0.2) is 29.3 Å². The number of halogens is 3. The predicted molar refractivity (Wildman–Crippen MR) is 68.7 cm³/mol. The van der Waals surface area contributed by atoms with Crippen molar-refractivity contribution in [2.45, 2.75) is 31.2 Å². The first kappa shape index (κ1) is 13.4. The van der Waals surface area contributed by atoms with E-state index in [1.54, 1.807) is 6.07 Å². The predicted octanol–water partition coefficient (Wildman–Crippen LogP) is 2.41. The number of nitrogens with one attached hydrogen (secondary N) is 1. The Morgan fingerprint density at radius 1 is 1.35 bits per heavy atom. The van der Waals surface area contributed by atoms with Crippen LogP contribution in [0.4, 0.5) is 13.2 Å². The Morgan fingerprint density at radius 3 is 2.95 bits per heavy atom. The average molecular weight is 284 g/mol. The van der Waals surface area contributed by atoms with Gasteiger partial charge in [-0.2, -0.15) is 13.2 Å². The van der Waals surface area contributed by atoms with E-state index in [1.165, 1.54) is 6.07 Å². The van der Waals surface area contributed by atoms with Crippen LogP contribution >= 0.6 is 0 Å². The van der Waals surface area contributed by atoms with Gasteiger partial charge in [0.15, 0.2) is 5.90 Å². The summed E-state index contributed by atoms with van der Waals surface area (Å²) in [5.74, 6) is 0.544. The molecule has 0 radical (unpaired) electrons. The molecular weight excluding hydrogens is 269 g/mol. The second-order valence-corrected chi connectivity index (χ2v) is 5.11. The van der Waals surface area contributed by atoms with Gasteiger partial charge in [-0.05, 0) is 24.6 Å². The van der Waals surface area contributed by atoms with Crippen LogP contribution in [0.25, 0.3) is 0 Å². The molecule has 0 amide bonds. The molecule has 0 saturated carbocycles. The lowest BCUT2D eigenvalue weighted by molar-refractivity contribution is -0.137. The first-order chi connectivity index (χ1) is 9.52. The summed E-state index contributed by atoms with van der Waals surface area (Å²) in [7, 11) is 0. The van der Waals surface area contributed by atoms with Gasteiger partial charge >= 0.3 is 6.18 Å². The van der Waals surface area contributed by atoms with Crippen molar-refractivity contribution in [1.29, 1.82) is 0 Å². The molecule has 2 heterocycles. The zero-order valence-corrected chi connectivity index (χ0v) is 10.8. The summed E-state index contributed by atoms with van der Waals surface area (Å²) in [6.45, 7) is 1.67. The van der Waals surface area contributed by atoms with E-state index in [0.29, 0.717) is 17.9 Å². The van der Waals surface area contributed by atoms with Gasteiger partial charge in [0.1, 0.15) is 12.1 Å². The Bertz CT molecular complexity index is 527. The molecular formula is C14H15F3N2O. The van der Waals surface area contributed by atoms with Gasteiger partial charge in [0.2, 0.25) is 0 Å². The van der Waals surface area contributed by atoms with Gasteiger partial charge in [-0.3, -0.25) is 0 Å². The number of piperidine rings is 1. The normalized spacial score (nSPS) is 25.9. The molecule has 2 atom stereocenters. The summed E-state index contributed by atoms with van der Waals surface area (Å²) in [4.78, 5) is 4.45. The molecule has 0 bridgehead atoms. The highest BCUT2D eigenvalue weighted by atomic mass is 19.4. The molecule has 3 nitrogen and oxygen atoms in total. The maximum atomic E-state index is 12.7. The molecule has 0 aliphatic carbocycles. The fourth-order valence-electron chi connectivity index (χ4n) is 2.59. The van der Waals surface area contributed by atoms with E-state index in [-0.39, 0.29) is 12.1 Å². The molecule has 0 spiro atoms. The second kappa shape index (κ2) is 5.09. The van der Waals surface area contributed by atoms with Crippen molar-refractivity contribution in [3.63, 3.8) is 0 Å². The lowest BCUT2D eigenvalue weighted by Gasteiger charge is -2.23. The van der Waals surface area contributed by atoms with Crippen molar-refractivity contribution >= 4 is 5.90 Å². The van der Waals surface area contributed by atoms with Gasteiger partial charge in [0.25, 0.3) is 0 Å². The zero-order chi connectivity index (χ0) is 14.2.